The number of rotatable bonds is 8. The van der Waals surface area contributed by atoms with Crippen LogP contribution in [0.1, 0.15) is 50.0 Å². The van der Waals surface area contributed by atoms with E-state index in [0.29, 0.717) is 17.4 Å². The molecule has 2 saturated carbocycles. The van der Waals surface area contributed by atoms with E-state index >= 15 is 0 Å². The van der Waals surface area contributed by atoms with Crippen LogP contribution >= 0.6 is 11.6 Å². The average Bonchev–Trinajstić information content (AvgIpc) is 3.20. The third-order valence-corrected chi connectivity index (χ3v) is 6.05. The molecule has 2 fully saturated rings. The molecule has 0 saturated heterocycles. The molecule has 26 heavy (non-hydrogen) atoms. The zero-order valence-corrected chi connectivity index (χ0v) is 15.8. The monoisotopic (exact) mass is 379 g/mol. The molecule has 0 aromatic heterocycles. The molecule has 142 valence electrons. The van der Waals surface area contributed by atoms with E-state index in [2.05, 4.69) is 5.32 Å². The van der Waals surface area contributed by atoms with Crippen LogP contribution in [0.2, 0.25) is 5.02 Å². The summed E-state index contributed by atoms with van der Waals surface area (Å²) in [5, 5.41) is 13.3. The van der Waals surface area contributed by atoms with Crippen molar-refractivity contribution < 1.29 is 19.4 Å². The first-order valence-corrected chi connectivity index (χ1v) is 9.61. The third kappa shape index (κ3) is 4.21. The van der Waals surface area contributed by atoms with Crippen LogP contribution in [0, 0.1) is 11.3 Å². The smallest absolute Gasteiger partial charge is 0.308 e. The van der Waals surface area contributed by atoms with Gasteiger partial charge in [0.15, 0.2) is 0 Å². The Kier molecular flexibility index (Phi) is 5.88. The molecule has 3 rings (SSSR count). The fourth-order valence-corrected chi connectivity index (χ4v) is 4.35. The lowest BCUT2D eigenvalue weighted by atomic mass is 9.77. The quantitative estimate of drug-likeness (QED) is 0.723. The Bertz CT molecular complexity index is 654. The second-order valence-corrected chi connectivity index (χ2v) is 8.09. The molecule has 0 radical (unpaired) electrons. The summed E-state index contributed by atoms with van der Waals surface area (Å²) in [6, 6.07) is 7.88. The second kappa shape index (κ2) is 7.97. The van der Waals surface area contributed by atoms with Crippen LogP contribution in [-0.2, 0) is 14.3 Å². The first-order chi connectivity index (χ1) is 12.4. The molecule has 3 atom stereocenters. The molecule has 6 heteroatoms. The lowest BCUT2D eigenvalue weighted by Gasteiger charge is -2.30. The average molecular weight is 380 g/mol. The summed E-state index contributed by atoms with van der Waals surface area (Å²) in [5.41, 5.74) is 0.609. The molecule has 5 nitrogen and oxygen atoms in total. The highest BCUT2D eigenvalue weighted by atomic mass is 35.5. The van der Waals surface area contributed by atoms with E-state index in [1.165, 1.54) is 12.7 Å². The van der Waals surface area contributed by atoms with Crippen LogP contribution in [0.3, 0.4) is 0 Å². The molecule has 2 aliphatic carbocycles. The van der Waals surface area contributed by atoms with Gasteiger partial charge in [-0.05, 0) is 43.4 Å². The van der Waals surface area contributed by atoms with Gasteiger partial charge in [0.2, 0.25) is 5.91 Å². The maximum absolute atomic E-state index is 13.0. The van der Waals surface area contributed by atoms with Crippen molar-refractivity contribution in [3.63, 3.8) is 0 Å². The minimum absolute atomic E-state index is 0.0128. The molecule has 1 aromatic rings. The van der Waals surface area contributed by atoms with Crippen molar-refractivity contribution in [2.45, 2.75) is 50.5 Å². The third-order valence-electron chi connectivity index (χ3n) is 5.80. The molecule has 2 aliphatic rings. The Labute approximate surface area is 159 Å². The second-order valence-electron chi connectivity index (χ2n) is 7.66. The Hall–Kier alpha value is -1.59. The molecule has 1 aromatic carbocycles. The van der Waals surface area contributed by atoms with Gasteiger partial charge in [-0.25, -0.2) is 0 Å². The van der Waals surface area contributed by atoms with Crippen molar-refractivity contribution in [1.82, 2.24) is 5.32 Å². The molecule has 1 amide bonds. The molecule has 1 unspecified atom stereocenters. The Balaban J connectivity index is 1.64. The predicted molar refractivity (Wildman–Crippen MR) is 99.3 cm³/mol. The van der Waals surface area contributed by atoms with Crippen molar-refractivity contribution in [3.8, 4) is 0 Å². The summed E-state index contributed by atoms with van der Waals surface area (Å²) in [7, 11) is 1.50. The largest absolute Gasteiger partial charge is 0.481 e. The number of carbonyl (C=O) groups excluding carboxylic acids is 1. The number of ether oxygens (including phenoxy) is 1. The van der Waals surface area contributed by atoms with Crippen LogP contribution < -0.4 is 5.32 Å². The van der Waals surface area contributed by atoms with Crippen molar-refractivity contribution in [2.75, 3.05) is 13.7 Å². The molecular formula is C20H26ClNO4. The zero-order valence-electron chi connectivity index (χ0n) is 15.0. The Morgan fingerprint density at radius 1 is 1.31 bits per heavy atom. The van der Waals surface area contributed by atoms with E-state index in [1.54, 1.807) is 0 Å². The number of hydrogen-bond acceptors (Lipinski definition) is 3. The Morgan fingerprint density at radius 3 is 2.54 bits per heavy atom. The van der Waals surface area contributed by atoms with Gasteiger partial charge in [-0.3, -0.25) is 9.59 Å². The predicted octanol–water partition coefficient (Wildman–Crippen LogP) is 3.61. The van der Waals surface area contributed by atoms with Crippen LogP contribution in [-0.4, -0.2) is 36.7 Å². The topological polar surface area (TPSA) is 75.6 Å². The van der Waals surface area contributed by atoms with Crippen LogP contribution in [0.25, 0.3) is 0 Å². The van der Waals surface area contributed by atoms with Crippen LogP contribution in [0.15, 0.2) is 24.3 Å². The highest BCUT2D eigenvalue weighted by Gasteiger charge is 2.47. The van der Waals surface area contributed by atoms with Gasteiger partial charge in [-0.2, -0.15) is 0 Å². The highest BCUT2D eigenvalue weighted by molar-refractivity contribution is 6.30. The first-order valence-electron chi connectivity index (χ1n) is 9.23. The number of carboxylic acids is 1. The summed E-state index contributed by atoms with van der Waals surface area (Å²) in [6.45, 7) is 0.140. The number of carbonyl (C=O) groups is 2. The lowest BCUT2D eigenvalue weighted by Crippen LogP contribution is -2.43. The minimum atomic E-state index is -0.892. The molecule has 0 aliphatic heterocycles. The lowest BCUT2D eigenvalue weighted by molar-refractivity contribution is -0.146. The van der Waals surface area contributed by atoms with Crippen molar-refractivity contribution in [2.24, 2.45) is 11.3 Å². The summed E-state index contributed by atoms with van der Waals surface area (Å²) in [5.74, 6) is -1.20. The van der Waals surface area contributed by atoms with E-state index in [0.717, 1.165) is 32.1 Å². The summed E-state index contributed by atoms with van der Waals surface area (Å²) >= 11 is 5.93. The number of carboxylic acid groups (broad SMARTS) is 1. The Morgan fingerprint density at radius 2 is 1.96 bits per heavy atom. The zero-order chi connectivity index (χ0) is 18.7. The van der Waals surface area contributed by atoms with Gasteiger partial charge >= 0.3 is 5.97 Å². The van der Waals surface area contributed by atoms with E-state index in [-0.39, 0.29) is 18.6 Å². The molecule has 0 spiro atoms. The number of amides is 1. The number of nitrogens with one attached hydrogen (secondary N) is 1. The number of hydrogen-bond donors (Lipinski definition) is 2. The van der Waals surface area contributed by atoms with Gasteiger partial charge in [0, 0.05) is 24.1 Å². The first kappa shape index (κ1) is 19.2. The fourth-order valence-electron chi connectivity index (χ4n) is 4.22. The minimum Gasteiger partial charge on any atom is -0.481 e. The highest BCUT2D eigenvalue weighted by Crippen LogP contribution is 2.46. The molecule has 2 N–H and O–H groups in total. The van der Waals surface area contributed by atoms with Crippen molar-refractivity contribution >= 4 is 23.5 Å². The van der Waals surface area contributed by atoms with Crippen molar-refractivity contribution in [3.05, 3.63) is 34.9 Å². The van der Waals surface area contributed by atoms with Gasteiger partial charge < -0.3 is 15.2 Å². The van der Waals surface area contributed by atoms with Crippen LogP contribution in [0.4, 0.5) is 0 Å². The molecule has 0 heterocycles. The van der Waals surface area contributed by atoms with Gasteiger partial charge in [0.05, 0.1) is 17.9 Å². The van der Waals surface area contributed by atoms with Gasteiger partial charge in [-0.1, -0.05) is 36.6 Å². The van der Waals surface area contributed by atoms with E-state index < -0.39 is 17.3 Å². The maximum atomic E-state index is 13.0. The number of halogens is 1. The van der Waals surface area contributed by atoms with E-state index in [1.807, 2.05) is 24.3 Å². The number of benzene rings is 1. The normalized spacial score (nSPS) is 24.8. The van der Waals surface area contributed by atoms with E-state index in [4.69, 9.17) is 16.3 Å². The summed E-state index contributed by atoms with van der Waals surface area (Å²) in [4.78, 5) is 24.6. The standard InChI is InChI=1S/C20H26ClNO4/c1-26-12-14(18(23)24)11-20(8-2-3-9-20)19(25)22-17-10-16(17)13-4-6-15(21)7-5-13/h4-7,14,16-17H,2-3,8-12H2,1H3,(H,22,25)(H,23,24)/t14?,16-,17+/m1/s1. The van der Waals surface area contributed by atoms with Gasteiger partial charge in [0.1, 0.15) is 0 Å². The summed E-state index contributed by atoms with van der Waals surface area (Å²) in [6.07, 6.45) is 4.72. The molecule has 0 bridgehead atoms. The number of aliphatic carboxylic acids is 1. The van der Waals surface area contributed by atoms with E-state index in [9.17, 15) is 14.7 Å². The van der Waals surface area contributed by atoms with Gasteiger partial charge in [-0.15, -0.1) is 0 Å². The fraction of sp³-hybridized carbons (Fsp3) is 0.600. The van der Waals surface area contributed by atoms with Crippen molar-refractivity contribution in [1.29, 1.82) is 0 Å². The summed E-state index contributed by atoms with van der Waals surface area (Å²) < 4.78 is 5.05. The van der Waals surface area contributed by atoms with Gasteiger partial charge in [0.25, 0.3) is 0 Å². The number of methoxy groups -OCH3 is 1. The van der Waals surface area contributed by atoms with Crippen LogP contribution in [0.5, 0.6) is 0 Å². The SMILES string of the molecule is COCC(CC1(C(=O)N[C@H]2C[C@@H]2c2ccc(Cl)cc2)CCCC1)C(=O)O. The maximum Gasteiger partial charge on any atom is 0.308 e. The molecular weight excluding hydrogens is 354 g/mol.